The Hall–Kier alpha value is -0.0800. The Morgan fingerprint density at radius 3 is 1.32 bits per heavy atom. The Labute approximate surface area is 139 Å². The van der Waals surface area contributed by atoms with Gasteiger partial charge in [-0.3, -0.25) is 0 Å². The molecule has 2 heteroatoms. The van der Waals surface area contributed by atoms with Crippen molar-refractivity contribution in [2.45, 2.75) is 129 Å². The first-order valence-corrected chi connectivity index (χ1v) is 10.1. The van der Waals surface area contributed by atoms with E-state index in [0.717, 1.165) is 32.1 Å². The summed E-state index contributed by atoms with van der Waals surface area (Å²) in [5.74, 6) is 0. The fourth-order valence-electron chi connectivity index (χ4n) is 3.03. The number of aliphatic hydroxyl groups is 2. The molecule has 0 saturated heterocycles. The van der Waals surface area contributed by atoms with E-state index in [2.05, 4.69) is 13.8 Å². The molecule has 0 bridgehead atoms. The van der Waals surface area contributed by atoms with E-state index in [0.29, 0.717) is 6.42 Å². The van der Waals surface area contributed by atoms with E-state index in [1.165, 1.54) is 64.2 Å². The lowest BCUT2D eigenvalue weighted by Crippen LogP contribution is -2.17. The molecular formula is C20H42O2. The molecule has 2 nitrogen and oxygen atoms in total. The van der Waals surface area contributed by atoms with Gasteiger partial charge in [0.25, 0.3) is 0 Å². The van der Waals surface area contributed by atoms with Crippen molar-refractivity contribution >= 4 is 0 Å². The summed E-state index contributed by atoms with van der Waals surface area (Å²) in [6.45, 7) is 4.40. The molecule has 0 aromatic carbocycles. The van der Waals surface area contributed by atoms with Crippen molar-refractivity contribution < 1.29 is 10.2 Å². The highest BCUT2D eigenvalue weighted by Crippen LogP contribution is 2.15. The van der Waals surface area contributed by atoms with Crippen LogP contribution in [0.1, 0.15) is 117 Å². The second kappa shape index (κ2) is 17.3. The van der Waals surface area contributed by atoms with E-state index in [4.69, 9.17) is 0 Å². The van der Waals surface area contributed by atoms with Crippen molar-refractivity contribution in [3.8, 4) is 0 Å². The maximum atomic E-state index is 9.90. The van der Waals surface area contributed by atoms with Crippen LogP contribution in [0.15, 0.2) is 0 Å². The summed E-state index contributed by atoms with van der Waals surface area (Å²) in [6.07, 6.45) is 18.6. The van der Waals surface area contributed by atoms with Crippen LogP contribution in [0.4, 0.5) is 0 Å². The van der Waals surface area contributed by atoms with E-state index in [9.17, 15) is 10.2 Å². The molecule has 0 aliphatic heterocycles. The molecule has 0 aromatic heterocycles. The van der Waals surface area contributed by atoms with Gasteiger partial charge in [-0.25, -0.2) is 0 Å². The normalized spacial score (nSPS) is 14.2. The number of unbranched alkanes of at least 4 members (excludes halogenated alkanes) is 11. The number of hydrogen-bond donors (Lipinski definition) is 2. The van der Waals surface area contributed by atoms with Crippen molar-refractivity contribution in [2.75, 3.05) is 0 Å². The molecule has 0 spiro atoms. The smallest absolute Gasteiger partial charge is 0.0564 e. The minimum absolute atomic E-state index is 0.301. The van der Waals surface area contributed by atoms with Crippen LogP contribution < -0.4 is 0 Å². The molecule has 2 atom stereocenters. The Balaban J connectivity index is 3.21. The molecule has 0 radical (unpaired) electrons. The topological polar surface area (TPSA) is 40.5 Å². The van der Waals surface area contributed by atoms with Crippen LogP contribution in [-0.2, 0) is 0 Å². The third-order valence-electron chi connectivity index (χ3n) is 4.58. The van der Waals surface area contributed by atoms with Crippen LogP contribution in [0.5, 0.6) is 0 Å². The van der Waals surface area contributed by atoms with E-state index in [1.807, 2.05) is 0 Å². The summed E-state index contributed by atoms with van der Waals surface area (Å²) in [4.78, 5) is 0. The highest BCUT2D eigenvalue weighted by atomic mass is 16.3. The lowest BCUT2D eigenvalue weighted by atomic mass is 10.0. The van der Waals surface area contributed by atoms with Gasteiger partial charge in [-0.15, -0.1) is 0 Å². The van der Waals surface area contributed by atoms with Crippen LogP contribution in [-0.4, -0.2) is 22.4 Å². The lowest BCUT2D eigenvalue weighted by molar-refractivity contribution is 0.0683. The van der Waals surface area contributed by atoms with Gasteiger partial charge in [-0.05, 0) is 19.3 Å². The van der Waals surface area contributed by atoms with Gasteiger partial charge in [0.15, 0.2) is 0 Å². The average molecular weight is 315 g/mol. The first-order valence-electron chi connectivity index (χ1n) is 10.1. The number of aliphatic hydroxyl groups excluding tert-OH is 2. The Morgan fingerprint density at radius 2 is 0.864 bits per heavy atom. The predicted molar refractivity (Wildman–Crippen MR) is 97.2 cm³/mol. The molecule has 0 amide bonds. The first-order chi connectivity index (χ1) is 10.7. The molecule has 22 heavy (non-hydrogen) atoms. The third kappa shape index (κ3) is 16.3. The highest BCUT2D eigenvalue weighted by molar-refractivity contribution is 4.64. The van der Waals surface area contributed by atoms with Crippen molar-refractivity contribution in [2.24, 2.45) is 0 Å². The van der Waals surface area contributed by atoms with Crippen LogP contribution >= 0.6 is 0 Å². The van der Waals surface area contributed by atoms with Crippen LogP contribution in [0.3, 0.4) is 0 Å². The molecule has 2 N–H and O–H groups in total. The van der Waals surface area contributed by atoms with Gasteiger partial charge in [0.1, 0.15) is 0 Å². The number of hydrogen-bond acceptors (Lipinski definition) is 2. The van der Waals surface area contributed by atoms with Gasteiger partial charge in [-0.2, -0.15) is 0 Å². The minimum Gasteiger partial charge on any atom is -0.393 e. The maximum absolute atomic E-state index is 9.90. The van der Waals surface area contributed by atoms with Gasteiger partial charge in [0.05, 0.1) is 12.2 Å². The van der Waals surface area contributed by atoms with Crippen molar-refractivity contribution in [3.05, 3.63) is 0 Å². The largest absolute Gasteiger partial charge is 0.393 e. The molecule has 0 rings (SSSR count). The van der Waals surface area contributed by atoms with Crippen molar-refractivity contribution in [1.29, 1.82) is 0 Å². The van der Waals surface area contributed by atoms with Gasteiger partial charge < -0.3 is 10.2 Å². The summed E-state index contributed by atoms with van der Waals surface area (Å²) in [6, 6.07) is 0. The average Bonchev–Trinajstić information content (AvgIpc) is 2.50. The van der Waals surface area contributed by atoms with Crippen LogP contribution in [0, 0.1) is 0 Å². The Bertz CT molecular complexity index is 206. The van der Waals surface area contributed by atoms with Gasteiger partial charge in [0, 0.05) is 0 Å². The Morgan fingerprint density at radius 1 is 0.500 bits per heavy atom. The monoisotopic (exact) mass is 314 g/mol. The van der Waals surface area contributed by atoms with E-state index in [-0.39, 0.29) is 12.2 Å². The molecule has 0 aromatic rings. The minimum atomic E-state index is -0.303. The standard InChI is InChI=1S/C20H42O2/c1-3-5-7-8-9-10-11-12-13-14-15-17-20(22)18-19(21)16-6-4-2/h19-22H,3-18H2,1-2H3. The second-order valence-electron chi connectivity index (χ2n) is 7.01. The summed E-state index contributed by atoms with van der Waals surface area (Å²) in [5, 5.41) is 19.7. The van der Waals surface area contributed by atoms with E-state index >= 15 is 0 Å². The fourth-order valence-corrected chi connectivity index (χ4v) is 3.03. The zero-order valence-electron chi connectivity index (χ0n) is 15.4. The molecule has 0 fully saturated rings. The summed E-state index contributed by atoms with van der Waals surface area (Å²) in [5.41, 5.74) is 0. The fraction of sp³-hybridized carbons (Fsp3) is 1.00. The highest BCUT2D eigenvalue weighted by Gasteiger charge is 2.11. The van der Waals surface area contributed by atoms with Gasteiger partial charge in [0.2, 0.25) is 0 Å². The van der Waals surface area contributed by atoms with Crippen molar-refractivity contribution in [3.63, 3.8) is 0 Å². The van der Waals surface area contributed by atoms with Crippen molar-refractivity contribution in [1.82, 2.24) is 0 Å². The third-order valence-corrected chi connectivity index (χ3v) is 4.58. The Kier molecular flexibility index (Phi) is 17.2. The molecule has 0 aliphatic rings. The molecular weight excluding hydrogens is 272 g/mol. The molecule has 0 aliphatic carbocycles. The van der Waals surface area contributed by atoms with Crippen LogP contribution in [0.25, 0.3) is 0 Å². The van der Waals surface area contributed by atoms with E-state index < -0.39 is 0 Å². The summed E-state index contributed by atoms with van der Waals surface area (Å²) >= 11 is 0. The predicted octanol–water partition coefficient (Wildman–Crippen LogP) is 5.99. The molecule has 134 valence electrons. The lowest BCUT2D eigenvalue weighted by Gasteiger charge is -2.15. The van der Waals surface area contributed by atoms with Gasteiger partial charge >= 0.3 is 0 Å². The maximum Gasteiger partial charge on any atom is 0.0564 e. The zero-order chi connectivity index (χ0) is 16.5. The molecule has 0 heterocycles. The zero-order valence-corrected chi connectivity index (χ0v) is 15.4. The molecule has 2 unspecified atom stereocenters. The van der Waals surface area contributed by atoms with E-state index in [1.54, 1.807) is 0 Å². The quantitative estimate of drug-likeness (QED) is 0.324. The van der Waals surface area contributed by atoms with Gasteiger partial charge in [-0.1, -0.05) is 97.3 Å². The summed E-state index contributed by atoms with van der Waals surface area (Å²) < 4.78 is 0. The number of rotatable bonds is 17. The molecule has 0 saturated carbocycles. The van der Waals surface area contributed by atoms with Crippen LogP contribution in [0.2, 0.25) is 0 Å². The summed E-state index contributed by atoms with van der Waals surface area (Å²) in [7, 11) is 0. The SMILES string of the molecule is CCCCCCCCCCCCCC(O)CC(O)CCCC. The first kappa shape index (κ1) is 21.9. The second-order valence-corrected chi connectivity index (χ2v) is 7.01.